The van der Waals surface area contributed by atoms with Gasteiger partial charge in [-0.25, -0.2) is 0 Å². The van der Waals surface area contributed by atoms with Crippen LogP contribution in [0.25, 0.3) is 5.57 Å². The van der Waals surface area contributed by atoms with E-state index in [0.717, 1.165) is 0 Å². The van der Waals surface area contributed by atoms with E-state index in [-0.39, 0.29) is 22.3 Å². The second-order valence-corrected chi connectivity index (χ2v) is 5.02. The van der Waals surface area contributed by atoms with Crippen LogP contribution in [-0.4, -0.2) is 16.6 Å². The average molecular weight is 263 g/mol. The van der Waals surface area contributed by atoms with Gasteiger partial charge in [-0.05, 0) is 26.0 Å². The molecule has 0 aromatic heterocycles. The van der Waals surface area contributed by atoms with Crippen LogP contribution < -0.4 is 5.32 Å². The molecule has 0 bridgehead atoms. The second-order valence-electron chi connectivity index (χ2n) is 4.61. The van der Waals surface area contributed by atoms with Crippen LogP contribution in [0, 0.1) is 11.3 Å². The molecule has 92 valence electrons. The van der Waals surface area contributed by atoms with Crippen molar-refractivity contribution in [1.29, 1.82) is 5.26 Å². The van der Waals surface area contributed by atoms with Gasteiger partial charge in [-0.15, -0.1) is 0 Å². The Labute approximate surface area is 109 Å². The summed E-state index contributed by atoms with van der Waals surface area (Å²) in [5, 5.41) is 21.7. The van der Waals surface area contributed by atoms with Crippen molar-refractivity contribution >= 4 is 23.1 Å². The second kappa shape index (κ2) is 4.04. The normalized spacial score (nSPS) is 17.6. The molecule has 2 N–H and O–H groups in total. The third-order valence-corrected chi connectivity index (χ3v) is 3.16. The summed E-state index contributed by atoms with van der Waals surface area (Å²) in [6.45, 7) is 3.40. The lowest BCUT2D eigenvalue weighted by molar-refractivity contribution is -0.115. The van der Waals surface area contributed by atoms with Crippen molar-refractivity contribution in [3.05, 3.63) is 40.1 Å². The Morgan fingerprint density at radius 1 is 1.44 bits per heavy atom. The number of aliphatic hydroxyl groups is 1. The molecule has 1 aromatic rings. The molecule has 18 heavy (non-hydrogen) atoms. The molecule has 5 heteroatoms. The summed E-state index contributed by atoms with van der Waals surface area (Å²) in [5.41, 5.74) is 0.191. The molecule has 1 heterocycles. The van der Waals surface area contributed by atoms with Gasteiger partial charge in [0.05, 0.1) is 27.8 Å². The van der Waals surface area contributed by atoms with Crippen molar-refractivity contribution in [2.24, 2.45) is 0 Å². The molecule has 0 fully saturated rings. The number of rotatable bonds is 1. The SMILES string of the molecule is CC1(C)NC(=O)C(c2ccc(C#N)cc2Cl)=C1O. The highest BCUT2D eigenvalue weighted by atomic mass is 35.5. The van der Waals surface area contributed by atoms with Crippen LogP contribution in [-0.2, 0) is 4.79 Å². The Kier molecular flexibility index (Phi) is 2.80. The Morgan fingerprint density at radius 2 is 2.11 bits per heavy atom. The van der Waals surface area contributed by atoms with Gasteiger partial charge >= 0.3 is 0 Å². The number of hydrogen-bond donors (Lipinski definition) is 2. The zero-order valence-corrected chi connectivity index (χ0v) is 10.7. The lowest BCUT2D eigenvalue weighted by Gasteiger charge is -2.17. The predicted molar refractivity (Wildman–Crippen MR) is 67.9 cm³/mol. The summed E-state index contributed by atoms with van der Waals surface area (Å²) < 4.78 is 0. The first-order chi connectivity index (χ1) is 8.36. The lowest BCUT2D eigenvalue weighted by atomic mass is 9.99. The van der Waals surface area contributed by atoms with Gasteiger partial charge in [0.25, 0.3) is 5.91 Å². The van der Waals surface area contributed by atoms with Gasteiger partial charge in [0, 0.05) is 5.56 Å². The summed E-state index contributed by atoms with van der Waals surface area (Å²) >= 11 is 6.04. The maximum Gasteiger partial charge on any atom is 0.256 e. The standard InChI is InChI=1S/C13H11ClN2O2/c1-13(2)11(17)10(12(18)16-13)8-4-3-7(6-15)5-9(8)14/h3-5,17H,1-2H3,(H,16,18). The number of halogens is 1. The van der Waals surface area contributed by atoms with Crippen molar-refractivity contribution in [2.45, 2.75) is 19.4 Å². The Bertz CT molecular complexity index is 612. The Balaban J connectivity index is 2.60. The molecule has 1 aliphatic rings. The molecule has 1 aromatic carbocycles. The van der Waals surface area contributed by atoms with Crippen LogP contribution in [0.1, 0.15) is 25.0 Å². The third-order valence-electron chi connectivity index (χ3n) is 2.85. The number of nitriles is 1. The molecule has 4 nitrogen and oxygen atoms in total. The topological polar surface area (TPSA) is 73.1 Å². The first-order valence-corrected chi connectivity index (χ1v) is 5.71. The van der Waals surface area contributed by atoms with E-state index in [4.69, 9.17) is 16.9 Å². The number of carbonyl (C=O) groups excluding carboxylic acids is 1. The molecule has 0 saturated heterocycles. The van der Waals surface area contributed by atoms with Crippen molar-refractivity contribution in [3.8, 4) is 6.07 Å². The van der Waals surface area contributed by atoms with Gasteiger partial charge in [-0.3, -0.25) is 4.79 Å². The number of benzene rings is 1. The Hall–Kier alpha value is -1.99. The summed E-state index contributed by atoms with van der Waals surface area (Å²) in [5.74, 6) is -0.414. The monoisotopic (exact) mass is 262 g/mol. The molecular weight excluding hydrogens is 252 g/mol. The first kappa shape index (κ1) is 12.5. The minimum Gasteiger partial charge on any atom is -0.509 e. The maximum atomic E-state index is 11.9. The van der Waals surface area contributed by atoms with E-state index in [1.165, 1.54) is 6.07 Å². The summed E-state index contributed by atoms with van der Waals surface area (Å²) in [6.07, 6.45) is 0. The smallest absolute Gasteiger partial charge is 0.256 e. The quantitative estimate of drug-likeness (QED) is 0.816. The number of hydrogen-bond acceptors (Lipinski definition) is 3. The van der Waals surface area contributed by atoms with E-state index in [0.29, 0.717) is 11.1 Å². The lowest BCUT2D eigenvalue weighted by Crippen LogP contribution is -2.38. The number of aliphatic hydroxyl groups excluding tert-OH is 1. The molecule has 1 aliphatic heterocycles. The third kappa shape index (κ3) is 1.83. The molecule has 0 aliphatic carbocycles. The zero-order valence-electron chi connectivity index (χ0n) is 9.91. The molecule has 0 unspecified atom stereocenters. The minimum atomic E-state index is -0.802. The number of carbonyl (C=O) groups is 1. The van der Waals surface area contributed by atoms with E-state index < -0.39 is 5.54 Å². The van der Waals surface area contributed by atoms with Crippen molar-refractivity contribution in [3.63, 3.8) is 0 Å². The molecule has 0 saturated carbocycles. The van der Waals surface area contributed by atoms with E-state index in [9.17, 15) is 9.90 Å². The van der Waals surface area contributed by atoms with Crippen LogP contribution in [0.15, 0.2) is 24.0 Å². The van der Waals surface area contributed by atoms with E-state index in [2.05, 4.69) is 5.32 Å². The van der Waals surface area contributed by atoms with Gasteiger partial charge in [0.2, 0.25) is 0 Å². The fourth-order valence-electron chi connectivity index (χ4n) is 1.86. The van der Waals surface area contributed by atoms with Crippen LogP contribution in [0.5, 0.6) is 0 Å². The van der Waals surface area contributed by atoms with Crippen LogP contribution >= 0.6 is 11.6 Å². The highest BCUT2D eigenvalue weighted by Crippen LogP contribution is 2.34. The molecule has 0 atom stereocenters. The van der Waals surface area contributed by atoms with Crippen LogP contribution in [0.3, 0.4) is 0 Å². The zero-order chi connectivity index (χ0) is 13.5. The van der Waals surface area contributed by atoms with Crippen molar-refractivity contribution < 1.29 is 9.90 Å². The largest absolute Gasteiger partial charge is 0.509 e. The molecule has 0 radical (unpaired) electrons. The summed E-state index contributed by atoms with van der Waals surface area (Å²) in [4.78, 5) is 11.9. The van der Waals surface area contributed by atoms with Gasteiger partial charge < -0.3 is 10.4 Å². The number of nitrogens with zero attached hydrogens (tertiary/aromatic N) is 1. The van der Waals surface area contributed by atoms with E-state index in [1.807, 2.05) is 6.07 Å². The first-order valence-electron chi connectivity index (χ1n) is 5.33. The average Bonchev–Trinajstić information content (AvgIpc) is 2.49. The van der Waals surface area contributed by atoms with Crippen molar-refractivity contribution in [1.82, 2.24) is 5.32 Å². The predicted octanol–water partition coefficient (Wildman–Crippen LogP) is 2.39. The van der Waals surface area contributed by atoms with Gasteiger partial charge in [0.1, 0.15) is 5.76 Å². The fraction of sp³-hybridized carbons (Fsp3) is 0.231. The summed E-state index contributed by atoms with van der Waals surface area (Å²) in [7, 11) is 0. The van der Waals surface area contributed by atoms with Gasteiger partial charge in [-0.2, -0.15) is 5.26 Å². The van der Waals surface area contributed by atoms with Crippen LogP contribution in [0.4, 0.5) is 0 Å². The fourth-order valence-corrected chi connectivity index (χ4v) is 2.14. The number of nitrogens with one attached hydrogen (secondary N) is 1. The van der Waals surface area contributed by atoms with E-state index >= 15 is 0 Å². The minimum absolute atomic E-state index is 0.0425. The molecule has 0 spiro atoms. The maximum absolute atomic E-state index is 11.9. The highest BCUT2D eigenvalue weighted by molar-refractivity contribution is 6.35. The molecular formula is C13H11ClN2O2. The highest BCUT2D eigenvalue weighted by Gasteiger charge is 2.39. The number of amides is 1. The molecule has 1 amide bonds. The van der Waals surface area contributed by atoms with E-state index in [1.54, 1.807) is 26.0 Å². The molecule has 2 rings (SSSR count). The Morgan fingerprint density at radius 3 is 2.56 bits per heavy atom. The van der Waals surface area contributed by atoms with Gasteiger partial charge in [-0.1, -0.05) is 17.7 Å². The van der Waals surface area contributed by atoms with Crippen molar-refractivity contribution in [2.75, 3.05) is 0 Å². The van der Waals surface area contributed by atoms with Crippen LogP contribution in [0.2, 0.25) is 5.02 Å². The summed E-state index contributed by atoms with van der Waals surface area (Å²) in [6, 6.07) is 6.55. The van der Waals surface area contributed by atoms with Gasteiger partial charge in [0.15, 0.2) is 0 Å².